The summed E-state index contributed by atoms with van der Waals surface area (Å²) < 4.78 is 22.2. The highest BCUT2D eigenvalue weighted by Gasteiger charge is 2.25. The second kappa shape index (κ2) is 11.9. The first-order valence-corrected chi connectivity index (χ1v) is 13.0. The monoisotopic (exact) mass is 538 g/mol. The number of ketones is 1. The lowest BCUT2D eigenvalue weighted by Crippen LogP contribution is -2.36. The molecule has 0 aliphatic rings. The van der Waals surface area contributed by atoms with Gasteiger partial charge in [-0.3, -0.25) is 9.59 Å². The number of aromatic nitrogens is 2. The van der Waals surface area contributed by atoms with Gasteiger partial charge in [0.15, 0.2) is 23.0 Å². The van der Waals surface area contributed by atoms with E-state index in [1.54, 1.807) is 38.4 Å². The molecule has 9 heteroatoms. The molecule has 0 unspecified atom stereocenters. The van der Waals surface area contributed by atoms with E-state index in [1.165, 1.54) is 35.3 Å². The highest BCUT2D eigenvalue weighted by atomic mass is 19.1. The van der Waals surface area contributed by atoms with Gasteiger partial charge in [-0.2, -0.15) is 10.4 Å². The molecule has 4 rings (SSSR count). The van der Waals surface area contributed by atoms with Crippen molar-refractivity contribution in [1.29, 1.82) is 0 Å². The fourth-order valence-electron chi connectivity index (χ4n) is 4.05. The van der Waals surface area contributed by atoms with E-state index in [-0.39, 0.29) is 52.1 Å². The van der Waals surface area contributed by atoms with Gasteiger partial charge >= 0.3 is 0 Å². The zero-order valence-corrected chi connectivity index (χ0v) is 23.5. The van der Waals surface area contributed by atoms with Crippen molar-refractivity contribution in [2.75, 3.05) is 7.05 Å². The first-order chi connectivity index (χ1) is 18.3. The van der Waals surface area contributed by atoms with E-state index in [4.69, 9.17) is 4.74 Å². The molecule has 3 N–H and O–H groups in total. The summed E-state index contributed by atoms with van der Waals surface area (Å²) in [6.07, 6.45) is 3.07. The van der Waals surface area contributed by atoms with E-state index < -0.39 is 10.6 Å². The van der Waals surface area contributed by atoms with Gasteiger partial charge in [0.2, 0.25) is 0 Å². The molecule has 0 aliphatic carbocycles. The minimum absolute atomic E-state index is 0.00405. The third-order valence-electron chi connectivity index (χ3n) is 6.17. The summed E-state index contributed by atoms with van der Waals surface area (Å²) in [5, 5.41) is 20.8. The van der Waals surface area contributed by atoms with Crippen LogP contribution in [0.3, 0.4) is 0 Å². The molecule has 4 aromatic rings. The van der Waals surface area contributed by atoms with Crippen molar-refractivity contribution < 1.29 is 24.3 Å². The lowest BCUT2D eigenvalue weighted by molar-refractivity contribution is -0.272. The summed E-state index contributed by atoms with van der Waals surface area (Å²) in [6.45, 7) is 9.90. The van der Waals surface area contributed by atoms with Crippen molar-refractivity contribution >= 4 is 22.4 Å². The Labute approximate surface area is 227 Å². The van der Waals surface area contributed by atoms with Crippen molar-refractivity contribution in [3.63, 3.8) is 0 Å². The molecule has 2 aromatic carbocycles. The molecule has 8 nitrogen and oxygen atoms in total. The number of Topliss-reactive ketones (excluding diaryl/α,β-unsaturated/α-hetero) is 1. The number of nitrogens with zero attached hydrogens (tertiary/aromatic N) is 2. The topological polar surface area (TPSA) is 105 Å². The van der Waals surface area contributed by atoms with Gasteiger partial charge in [-0.25, -0.2) is 4.39 Å². The first kappa shape index (κ1) is 29.8. The summed E-state index contributed by atoms with van der Waals surface area (Å²) in [5.74, 6) is -0.333. The number of carbonyl (C=O) groups excluding carboxylic acids is 1. The van der Waals surface area contributed by atoms with Gasteiger partial charge in [0.05, 0.1) is 5.69 Å². The van der Waals surface area contributed by atoms with Gasteiger partial charge in [-0.1, -0.05) is 47.1 Å². The van der Waals surface area contributed by atoms with Crippen LogP contribution in [0.15, 0.2) is 53.5 Å². The number of hydrogen-bond acceptors (Lipinski definition) is 5. The van der Waals surface area contributed by atoms with E-state index >= 15 is 0 Å². The quantitative estimate of drug-likeness (QED) is 0.130. The number of aryl methyl sites for hydroxylation is 1. The van der Waals surface area contributed by atoms with E-state index in [1.807, 2.05) is 13.8 Å². The van der Waals surface area contributed by atoms with Crippen LogP contribution in [0, 0.1) is 5.82 Å². The SMILES string of the molecule is CCC.CCC(=O)c1cc2c(-c3cc([N+](C)(O)O)ccc3Oc3ccc(C(C)C)cc3F)cn(C)c(=O)c2[nH]1. The molecule has 0 atom stereocenters. The molecule has 0 aliphatic heterocycles. The van der Waals surface area contributed by atoms with E-state index in [2.05, 4.69) is 18.8 Å². The van der Waals surface area contributed by atoms with Gasteiger partial charge in [0.25, 0.3) is 5.56 Å². The molecular weight excluding hydrogens is 501 g/mol. The first-order valence-electron chi connectivity index (χ1n) is 13.0. The smallest absolute Gasteiger partial charge is 0.274 e. The molecule has 0 bridgehead atoms. The maximum Gasteiger partial charge on any atom is 0.274 e. The predicted octanol–water partition coefficient (Wildman–Crippen LogP) is 7.31. The fourth-order valence-corrected chi connectivity index (χ4v) is 4.05. The fraction of sp³-hybridized carbons (Fsp3) is 0.333. The van der Waals surface area contributed by atoms with Crippen LogP contribution in [-0.4, -0.2) is 32.8 Å². The Morgan fingerprint density at radius 2 is 1.69 bits per heavy atom. The van der Waals surface area contributed by atoms with Crippen LogP contribution in [0.25, 0.3) is 22.0 Å². The van der Waals surface area contributed by atoms with Gasteiger partial charge in [0, 0.05) is 48.3 Å². The van der Waals surface area contributed by atoms with Crippen LogP contribution in [0.1, 0.15) is 69.4 Å². The Morgan fingerprint density at radius 1 is 1.05 bits per heavy atom. The number of H-pyrrole nitrogens is 1. The minimum Gasteiger partial charge on any atom is -0.454 e. The average molecular weight is 539 g/mol. The standard InChI is InChI=1S/C27H28FN3O5.C3H8/c1-6-23(32)22-13-19-20(14-30(4)27(33)26(19)29-22)18-12-17(31(5,34)35)8-10-24(18)36-25-9-7-16(15(2)3)11-21(25)28;1-3-2/h7-15,34-35H,6H2,1-5H3;3H2,1-2H3/p+1. The molecule has 0 amide bonds. The number of benzene rings is 2. The van der Waals surface area contributed by atoms with Crippen LogP contribution in [0.4, 0.5) is 10.1 Å². The minimum atomic E-state index is -1.45. The molecule has 0 fully saturated rings. The maximum absolute atomic E-state index is 14.9. The second-order valence-electron chi connectivity index (χ2n) is 9.95. The van der Waals surface area contributed by atoms with Crippen LogP contribution in [0.2, 0.25) is 0 Å². The van der Waals surface area contributed by atoms with Crippen LogP contribution in [-0.2, 0) is 7.05 Å². The summed E-state index contributed by atoms with van der Waals surface area (Å²) in [7, 11) is 2.73. The highest BCUT2D eigenvalue weighted by Crippen LogP contribution is 2.40. The number of hydrogen-bond donors (Lipinski definition) is 3. The number of ether oxygens (including phenoxy) is 1. The van der Waals surface area contributed by atoms with Gasteiger partial charge < -0.3 is 14.3 Å². The molecule has 0 spiro atoms. The number of pyridine rings is 1. The van der Waals surface area contributed by atoms with Crippen LogP contribution >= 0.6 is 0 Å². The van der Waals surface area contributed by atoms with Crippen molar-refractivity contribution in [1.82, 2.24) is 14.4 Å². The molecule has 39 heavy (non-hydrogen) atoms. The number of hydroxylamine groups is 2. The molecule has 0 saturated carbocycles. The van der Waals surface area contributed by atoms with Crippen molar-refractivity contribution in [3.05, 3.63) is 76.1 Å². The summed E-state index contributed by atoms with van der Waals surface area (Å²) in [4.78, 5) is 26.7. The van der Waals surface area contributed by atoms with Crippen LogP contribution < -0.4 is 15.1 Å². The Balaban J connectivity index is 0.00000134. The van der Waals surface area contributed by atoms with E-state index in [9.17, 15) is 24.4 Å². The van der Waals surface area contributed by atoms with Gasteiger partial charge in [0.1, 0.15) is 18.3 Å². The highest BCUT2D eigenvalue weighted by molar-refractivity contribution is 6.04. The lowest BCUT2D eigenvalue weighted by atomic mass is 10.0. The summed E-state index contributed by atoms with van der Waals surface area (Å²) in [6, 6.07) is 10.8. The normalized spacial score (nSPS) is 11.5. The third-order valence-corrected chi connectivity index (χ3v) is 6.17. The zero-order valence-electron chi connectivity index (χ0n) is 23.5. The van der Waals surface area contributed by atoms with E-state index in [0.717, 1.165) is 12.6 Å². The third kappa shape index (κ3) is 6.44. The number of nitrogens with one attached hydrogen (secondary N) is 1. The second-order valence-corrected chi connectivity index (χ2v) is 9.95. The molecule has 208 valence electrons. The van der Waals surface area contributed by atoms with Gasteiger partial charge in [-0.05, 0) is 40.6 Å². The zero-order chi connectivity index (χ0) is 29.1. The Kier molecular flexibility index (Phi) is 9.11. The molecule has 0 saturated heterocycles. The predicted molar refractivity (Wildman–Crippen MR) is 151 cm³/mol. The number of quaternary nitrogens is 1. The van der Waals surface area contributed by atoms with Gasteiger partial charge in [-0.15, -0.1) is 0 Å². The number of aromatic amines is 1. The van der Waals surface area contributed by atoms with Crippen molar-refractivity contribution in [2.24, 2.45) is 7.05 Å². The average Bonchev–Trinajstić information content (AvgIpc) is 3.33. The number of fused-ring (bicyclic) bond motifs is 1. The van der Waals surface area contributed by atoms with Crippen molar-refractivity contribution in [2.45, 2.75) is 53.4 Å². The Morgan fingerprint density at radius 3 is 2.26 bits per heavy atom. The largest absolute Gasteiger partial charge is 0.454 e. The Bertz CT molecular complexity index is 1550. The van der Waals surface area contributed by atoms with Crippen molar-refractivity contribution in [3.8, 4) is 22.6 Å². The number of carbonyl (C=O) groups is 1. The van der Waals surface area contributed by atoms with Crippen LogP contribution in [0.5, 0.6) is 11.5 Å². The maximum atomic E-state index is 14.9. The van der Waals surface area contributed by atoms with E-state index in [0.29, 0.717) is 16.5 Å². The lowest BCUT2D eigenvalue weighted by Gasteiger charge is -2.19. The molecule has 2 heterocycles. The number of rotatable bonds is 7. The molecule has 0 radical (unpaired) electrons. The summed E-state index contributed by atoms with van der Waals surface area (Å²) >= 11 is 0. The summed E-state index contributed by atoms with van der Waals surface area (Å²) in [5.41, 5.74) is 1.98. The number of halogens is 1. The molecular formula is C30H37FN3O5+. The Hall–Kier alpha value is -3.79. The molecule has 2 aromatic heterocycles.